The molecule has 0 radical (unpaired) electrons. The van der Waals surface area contributed by atoms with E-state index in [0.717, 1.165) is 12.2 Å². The van der Waals surface area contributed by atoms with Gasteiger partial charge in [-0.15, -0.1) is 16.4 Å². The lowest BCUT2D eigenvalue weighted by atomic mass is 10.0. The topological polar surface area (TPSA) is 48.0 Å². The fourth-order valence-electron chi connectivity index (χ4n) is 3.22. The molecular weight excluding hydrogens is 294 g/mol. The van der Waals surface area contributed by atoms with E-state index in [-0.39, 0.29) is 11.6 Å². The fourth-order valence-corrected chi connectivity index (χ4v) is 4.10. The van der Waals surface area contributed by atoms with Gasteiger partial charge in [0.05, 0.1) is 23.5 Å². The van der Waals surface area contributed by atoms with E-state index in [4.69, 9.17) is 0 Å². The Kier molecular flexibility index (Phi) is 4.59. The number of thiophene rings is 1. The molecule has 1 aliphatic rings. The van der Waals surface area contributed by atoms with Crippen molar-refractivity contribution < 1.29 is 4.90 Å². The monoisotopic (exact) mass is 320 g/mol. The molecule has 0 saturated carbocycles. The number of nitrogens with zero attached hydrogens (tertiary/aromatic N) is 4. The number of hydrogen-bond donors (Lipinski definition) is 1. The summed E-state index contributed by atoms with van der Waals surface area (Å²) in [5.74, 6) is 1.02. The molecule has 3 rings (SSSR count). The summed E-state index contributed by atoms with van der Waals surface area (Å²) in [6.45, 7) is 9.04. The number of piperidine rings is 1. The molecule has 0 amide bonds. The molecule has 22 heavy (non-hydrogen) atoms. The molecule has 0 aliphatic carbocycles. The van der Waals surface area contributed by atoms with Gasteiger partial charge in [0.25, 0.3) is 0 Å². The first-order valence-electron chi connectivity index (χ1n) is 8.30. The molecular formula is C16H26N5S+. The van der Waals surface area contributed by atoms with Crippen LogP contribution in [0.5, 0.6) is 0 Å². The smallest absolute Gasteiger partial charge is 0.215 e. The highest BCUT2D eigenvalue weighted by Gasteiger charge is 2.36. The number of rotatable bonds is 5. The zero-order valence-electron chi connectivity index (χ0n) is 13.7. The second-order valence-corrected chi connectivity index (χ2v) is 7.76. The number of quaternary nitrogens is 1. The molecule has 0 spiro atoms. The van der Waals surface area contributed by atoms with Crippen molar-refractivity contribution in [1.82, 2.24) is 20.2 Å². The molecule has 0 aromatic carbocycles. The highest BCUT2D eigenvalue weighted by atomic mass is 32.1. The van der Waals surface area contributed by atoms with Crippen molar-refractivity contribution in [2.75, 3.05) is 13.1 Å². The molecule has 1 aliphatic heterocycles. The van der Waals surface area contributed by atoms with Crippen LogP contribution in [-0.2, 0) is 5.54 Å². The van der Waals surface area contributed by atoms with Crippen molar-refractivity contribution in [1.29, 1.82) is 0 Å². The minimum atomic E-state index is -0.0520. The summed E-state index contributed by atoms with van der Waals surface area (Å²) in [6.07, 6.45) is 4.97. The van der Waals surface area contributed by atoms with Crippen molar-refractivity contribution in [2.24, 2.45) is 0 Å². The van der Waals surface area contributed by atoms with E-state index in [2.05, 4.69) is 58.5 Å². The van der Waals surface area contributed by atoms with Gasteiger partial charge in [-0.2, -0.15) is 0 Å². The first kappa shape index (κ1) is 15.6. The summed E-state index contributed by atoms with van der Waals surface area (Å²) >= 11 is 1.82. The first-order valence-corrected chi connectivity index (χ1v) is 9.18. The largest absolute Gasteiger partial charge is 0.322 e. The van der Waals surface area contributed by atoms with Gasteiger partial charge in [-0.05, 0) is 61.4 Å². The zero-order valence-corrected chi connectivity index (χ0v) is 14.6. The van der Waals surface area contributed by atoms with Crippen LogP contribution in [0.3, 0.4) is 0 Å². The zero-order chi connectivity index (χ0) is 15.6. The third-order valence-electron chi connectivity index (χ3n) is 4.92. The minimum absolute atomic E-state index is 0.0520. The summed E-state index contributed by atoms with van der Waals surface area (Å²) in [5.41, 5.74) is -0.0520. The number of hydrogen-bond acceptors (Lipinski definition) is 4. The lowest BCUT2D eigenvalue weighted by Gasteiger charge is -2.32. The highest BCUT2D eigenvalue weighted by Crippen LogP contribution is 2.27. The van der Waals surface area contributed by atoms with Gasteiger partial charge in [0.15, 0.2) is 6.04 Å². The maximum atomic E-state index is 4.45. The number of nitrogens with one attached hydrogen (secondary N) is 1. The van der Waals surface area contributed by atoms with Gasteiger partial charge in [-0.25, -0.2) is 4.68 Å². The Morgan fingerprint density at radius 2 is 2.09 bits per heavy atom. The van der Waals surface area contributed by atoms with Crippen LogP contribution in [0.2, 0.25) is 0 Å². The summed E-state index contributed by atoms with van der Waals surface area (Å²) in [7, 11) is 0. The normalized spacial score (nSPS) is 18.5. The molecule has 3 heterocycles. The van der Waals surface area contributed by atoms with Crippen LogP contribution in [0.25, 0.3) is 0 Å². The molecule has 1 N–H and O–H groups in total. The maximum absolute atomic E-state index is 4.45. The summed E-state index contributed by atoms with van der Waals surface area (Å²) in [6, 6.07) is 4.63. The Labute approximate surface area is 136 Å². The van der Waals surface area contributed by atoms with E-state index < -0.39 is 0 Å². The van der Waals surface area contributed by atoms with E-state index in [0.29, 0.717) is 0 Å². The average molecular weight is 320 g/mol. The Balaban J connectivity index is 2.02. The molecule has 6 heteroatoms. The summed E-state index contributed by atoms with van der Waals surface area (Å²) in [5, 5.41) is 15.0. The number of likely N-dealkylation sites (tertiary alicyclic amines) is 1. The minimum Gasteiger partial charge on any atom is -0.322 e. The van der Waals surface area contributed by atoms with E-state index in [1.807, 2.05) is 11.3 Å². The van der Waals surface area contributed by atoms with Gasteiger partial charge in [-0.3, -0.25) is 0 Å². The van der Waals surface area contributed by atoms with Gasteiger partial charge in [-0.1, -0.05) is 13.0 Å². The lowest BCUT2D eigenvalue weighted by Crippen LogP contribution is -3.13. The second-order valence-electron chi connectivity index (χ2n) is 6.78. The number of tetrazole rings is 1. The summed E-state index contributed by atoms with van der Waals surface area (Å²) in [4.78, 5) is 2.98. The van der Waals surface area contributed by atoms with Crippen molar-refractivity contribution in [2.45, 2.75) is 58.0 Å². The fraction of sp³-hybridized carbons (Fsp3) is 0.688. The van der Waals surface area contributed by atoms with E-state index >= 15 is 0 Å². The van der Waals surface area contributed by atoms with Crippen LogP contribution in [-0.4, -0.2) is 33.3 Å². The molecule has 120 valence electrons. The average Bonchev–Trinajstić information content (AvgIpc) is 3.21. The van der Waals surface area contributed by atoms with Crippen LogP contribution in [0.15, 0.2) is 17.5 Å². The van der Waals surface area contributed by atoms with Crippen molar-refractivity contribution in [3.8, 4) is 0 Å². The van der Waals surface area contributed by atoms with Gasteiger partial charge >= 0.3 is 0 Å². The van der Waals surface area contributed by atoms with E-state index in [1.54, 1.807) is 4.90 Å². The van der Waals surface area contributed by atoms with E-state index in [9.17, 15) is 0 Å². The van der Waals surface area contributed by atoms with Crippen LogP contribution in [0, 0.1) is 0 Å². The third kappa shape index (κ3) is 2.94. The predicted octanol–water partition coefficient (Wildman–Crippen LogP) is 2.04. The van der Waals surface area contributed by atoms with E-state index in [1.165, 1.54) is 37.2 Å². The Bertz CT molecular complexity index is 583. The first-order chi connectivity index (χ1) is 10.6. The van der Waals surface area contributed by atoms with Crippen molar-refractivity contribution >= 4 is 11.3 Å². The molecule has 2 aromatic heterocycles. The molecule has 2 aromatic rings. The van der Waals surface area contributed by atoms with Crippen LogP contribution in [0.4, 0.5) is 0 Å². The van der Waals surface area contributed by atoms with Crippen LogP contribution in [0.1, 0.15) is 63.2 Å². The van der Waals surface area contributed by atoms with Gasteiger partial charge in [0.1, 0.15) is 0 Å². The predicted molar refractivity (Wildman–Crippen MR) is 88.1 cm³/mol. The molecule has 0 unspecified atom stereocenters. The SMILES string of the molecule is CCC(C)(C)n1nnnc1[C@@H](c1cccs1)[NH+]1CCCCC1. The third-order valence-corrected chi connectivity index (χ3v) is 5.86. The van der Waals surface area contributed by atoms with Gasteiger partial charge < -0.3 is 4.90 Å². The highest BCUT2D eigenvalue weighted by molar-refractivity contribution is 7.10. The summed E-state index contributed by atoms with van der Waals surface area (Å²) < 4.78 is 2.05. The molecule has 0 bridgehead atoms. The van der Waals surface area contributed by atoms with Crippen molar-refractivity contribution in [3.05, 3.63) is 28.2 Å². The second kappa shape index (κ2) is 6.46. The molecule has 1 atom stereocenters. The van der Waals surface area contributed by atoms with Crippen molar-refractivity contribution in [3.63, 3.8) is 0 Å². The maximum Gasteiger partial charge on any atom is 0.215 e. The van der Waals surface area contributed by atoms with Crippen LogP contribution < -0.4 is 4.90 Å². The quantitative estimate of drug-likeness (QED) is 0.917. The standard InChI is InChI=1S/C16H25N5S/c1-4-16(2,3)21-15(17-18-19-21)14(13-9-8-12-22-13)20-10-6-5-7-11-20/h8-9,12,14H,4-7,10-11H2,1-3H3/p+1/t14-/m1/s1. The molecule has 1 fully saturated rings. The Hall–Kier alpha value is -1.27. The van der Waals surface area contributed by atoms with Gasteiger partial charge in [0.2, 0.25) is 5.82 Å². The Morgan fingerprint density at radius 1 is 1.32 bits per heavy atom. The number of aromatic nitrogens is 4. The molecule has 5 nitrogen and oxygen atoms in total. The Morgan fingerprint density at radius 3 is 2.73 bits per heavy atom. The molecule has 1 saturated heterocycles. The van der Waals surface area contributed by atoms with Crippen LogP contribution >= 0.6 is 11.3 Å². The lowest BCUT2D eigenvalue weighted by molar-refractivity contribution is -0.930. The van der Waals surface area contributed by atoms with Gasteiger partial charge in [0, 0.05) is 0 Å².